The van der Waals surface area contributed by atoms with Crippen molar-refractivity contribution in [3.63, 3.8) is 0 Å². The fourth-order valence-corrected chi connectivity index (χ4v) is 4.22. The van der Waals surface area contributed by atoms with Crippen molar-refractivity contribution in [2.75, 3.05) is 26.7 Å². The molecular weight excluding hydrogens is 441 g/mol. The molecule has 180 valence electrons. The lowest BCUT2D eigenvalue weighted by Gasteiger charge is -2.20. The third-order valence-electron chi connectivity index (χ3n) is 5.97. The average Bonchev–Trinajstić information content (AvgIpc) is 3.30. The van der Waals surface area contributed by atoms with Gasteiger partial charge in [-0.05, 0) is 46.3 Å². The van der Waals surface area contributed by atoms with E-state index < -0.39 is 23.2 Å². The van der Waals surface area contributed by atoms with E-state index in [1.54, 1.807) is 4.57 Å². The highest BCUT2D eigenvalue weighted by atomic mass is 19.1. The number of benzene rings is 1. The number of amides is 2. The number of carbonyl (C=O) groups excluding carboxylic acids is 2. The van der Waals surface area contributed by atoms with Crippen LogP contribution >= 0.6 is 0 Å². The number of likely N-dealkylation sites (tertiary alicyclic amines) is 1. The van der Waals surface area contributed by atoms with Crippen molar-refractivity contribution in [3.05, 3.63) is 34.9 Å². The first-order chi connectivity index (χ1) is 16.0. The molecule has 9 nitrogen and oxygen atoms in total. The fourth-order valence-electron chi connectivity index (χ4n) is 4.22. The number of hydrogen-bond donors (Lipinski definition) is 3. The van der Waals surface area contributed by atoms with Gasteiger partial charge in [-0.25, -0.2) is 9.37 Å². The van der Waals surface area contributed by atoms with Crippen molar-refractivity contribution in [2.24, 2.45) is 5.73 Å². The van der Waals surface area contributed by atoms with Crippen LogP contribution in [0, 0.1) is 17.7 Å². The standard InChI is InChI=1S/C24H28FN5O4/c1-24(2,33)7-6-14-11-16-18(12-17(14)25)34-10-9-30-20(19(21(26)31)28-22(16)30)23(32)27-13-15-5-4-8-29(15)3/h11-12,15,33H,4-5,8-10,13H2,1-3H3,(H2,26,31)(H,27,32). The molecule has 4 rings (SSSR count). The second-order valence-corrected chi connectivity index (χ2v) is 9.12. The number of primary amides is 1. The molecule has 2 amide bonds. The molecule has 0 spiro atoms. The average molecular weight is 470 g/mol. The van der Waals surface area contributed by atoms with E-state index in [1.807, 2.05) is 7.05 Å². The van der Waals surface area contributed by atoms with E-state index >= 15 is 0 Å². The van der Waals surface area contributed by atoms with Crippen LogP contribution in [-0.4, -0.2) is 69.8 Å². The van der Waals surface area contributed by atoms with Gasteiger partial charge in [-0.1, -0.05) is 11.8 Å². The van der Waals surface area contributed by atoms with Crippen LogP contribution in [-0.2, 0) is 6.54 Å². The highest BCUT2D eigenvalue weighted by Gasteiger charge is 2.31. The van der Waals surface area contributed by atoms with E-state index in [0.717, 1.165) is 19.4 Å². The van der Waals surface area contributed by atoms with E-state index in [0.29, 0.717) is 12.1 Å². The summed E-state index contributed by atoms with van der Waals surface area (Å²) in [6.07, 6.45) is 2.04. The minimum atomic E-state index is -1.31. The van der Waals surface area contributed by atoms with Crippen molar-refractivity contribution >= 4 is 11.8 Å². The van der Waals surface area contributed by atoms with Gasteiger partial charge >= 0.3 is 0 Å². The van der Waals surface area contributed by atoms with Crippen molar-refractivity contribution in [3.8, 4) is 29.0 Å². The number of aromatic nitrogens is 2. The maximum Gasteiger partial charge on any atom is 0.270 e. The number of nitrogens with zero attached hydrogens (tertiary/aromatic N) is 3. The van der Waals surface area contributed by atoms with E-state index in [-0.39, 0.29) is 47.7 Å². The molecular formula is C24H28FN5O4. The number of fused-ring (bicyclic) bond motifs is 3. The van der Waals surface area contributed by atoms with Crippen LogP contribution in [0.15, 0.2) is 12.1 Å². The maximum atomic E-state index is 14.6. The molecule has 0 radical (unpaired) electrons. The number of imidazole rings is 1. The molecule has 34 heavy (non-hydrogen) atoms. The molecule has 1 fully saturated rings. The summed E-state index contributed by atoms with van der Waals surface area (Å²) in [5.74, 6) is 3.77. The van der Waals surface area contributed by atoms with Gasteiger partial charge in [-0.15, -0.1) is 0 Å². The molecule has 1 saturated heterocycles. The first-order valence-corrected chi connectivity index (χ1v) is 11.2. The predicted molar refractivity (Wildman–Crippen MR) is 123 cm³/mol. The van der Waals surface area contributed by atoms with Gasteiger partial charge in [0.1, 0.15) is 35.3 Å². The molecule has 1 aromatic heterocycles. The van der Waals surface area contributed by atoms with Gasteiger partial charge in [-0.3, -0.25) is 9.59 Å². The zero-order valence-electron chi connectivity index (χ0n) is 19.4. The molecule has 1 aromatic carbocycles. The van der Waals surface area contributed by atoms with Gasteiger partial charge in [0.15, 0.2) is 5.69 Å². The van der Waals surface area contributed by atoms with Crippen molar-refractivity contribution in [1.82, 2.24) is 19.8 Å². The zero-order valence-corrected chi connectivity index (χ0v) is 19.4. The largest absolute Gasteiger partial charge is 0.491 e. The second kappa shape index (κ2) is 9.08. The van der Waals surface area contributed by atoms with E-state index in [9.17, 15) is 19.1 Å². The number of hydrogen-bond acceptors (Lipinski definition) is 6. The molecule has 3 heterocycles. The molecule has 0 bridgehead atoms. The van der Waals surface area contributed by atoms with Gasteiger partial charge in [0.25, 0.3) is 11.8 Å². The Labute approximate surface area is 197 Å². The number of halogens is 1. The Morgan fingerprint density at radius 1 is 1.38 bits per heavy atom. The van der Waals surface area contributed by atoms with Crippen LogP contribution in [0.5, 0.6) is 5.75 Å². The van der Waals surface area contributed by atoms with Gasteiger partial charge in [0, 0.05) is 18.7 Å². The minimum absolute atomic E-state index is 0.0248. The predicted octanol–water partition coefficient (Wildman–Crippen LogP) is 1.13. The minimum Gasteiger partial charge on any atom is -0.491 e. The van der Waals surface area contributed by atoms with Crippen LogP contribution in [0.2, 0.25) is 0 Å². The number of nitrogens with one attached hydrogen (secondary N) is 1. The molecule has 1 unspecified atom stereocenters. The molecule has 2 aliphatic rings. The van der Waals surface area contributed by atoms with E-state index in [1.165, 1.54) is 26.0 Å². The van der Waals surface area contributed by atoms with E-state index in [4.69, 9.17) is 10.5 Å². The number of rotatable bonds is 4. The molecule has 2 aromatic rings. The fraction of sp³-hybridized carbons (Fsp3) is 0.458. The number of nitrogens with two attached hydrogens (primary N) is 1. The van der Waals surface area contributed by atoms with Gasteiger partial charge in [-0.2, -0.15) is 0 Å². The van der Waals surface area contributed by atoms with Crippen LogP contribution in [0.1, 0.15) is 53.2 Å². The highest BCUT2D eigenvalue weighted by molar-refractivity contribution is 6.05. The Bertz CT molecular complexity index is 1200. The number of ether oxygens (including phenoxy) is 1. The first kappa shape index (κ1) is 23.7. The zero-order chi connectivity index (χ0) is 24.6. The Morgan fingerprint density at radius 3 is 2.79 bits per heavy atom. The summed E-state index contributed by atoms with van der Waals surface area (Å²) in [4.78, 5) is 31.9. The summed E-state index contributed by atoms with van der Waals surface area (Å²) in [7, 11) is 2.01. The molecule has 1 atom stereocenters. The van der Waals surface area contributed by atoms with Gasteiger partial charge in [0.2, 0.25) is 0 Å². The van der Waals surface area contributed by atoms with Crippen LogP contribution in [0.4, 0.5) is 4.39 Å². The van der Waals surface area contributed by atoms with Crippen molar-refractivity contribution in [2.45, 2.75) is 44.9 Å². The lowest BCUT2D eigenvalue weighted by atomic mass is 10.1. The molecule has 0 saturated carbocycles. The third kappa shape index (κ3) is 4.76. The van der Waals surface area contributed by atoms with Gasteiger partial charge < -0.3 is 30.4 Å². The van der Waals surface area contributed by atoms with Crippen molar-refractivity contribution < 1.29 is 23.8 Å². The number of aliphatic hydroxyl groups is 1. The smallest absolute Gasteiger partial charge is 0.270 e. The Kier molecular flexibility index (Phi) is 6.34. The summed E-state index contributed by atoms with van der Waals surface area (Å²) in [5.41, 5.74) is 4.54. The number of likely N-dealkylation sites (N-methyl/N-ethyl adjacent to an activating group) is 1. The monoisotopic (exact) mass is 469 g/mol. The highest BCUT2D eigenvalue weighted by Crippen LogP contribution is 2.35. The SMILES string of the molecule is CN1CCCC1CNC(=O)c1c(C(N)=O)nc2n1CCOc1cc(F)c(C#CC(C)(C)O)cc1-2. The summed E-state index contributed by atoms with van der Waals surface area (Å²) >= 11 is 0. The lowest BCUT2D eigenvalue weighted by molar-refractivity contribution is 0.0917. The van der Waals surface area contributed by atoms with Crippen LogP contribution in [0.3, 0.4) is 0 Å². The number of carbonyl (C=O) groups is 2. The Morgan fingerprint density at radius 2 is 2.15 bits per heavy atom. The quantitative estimate of drug-likeness (QED) is 0.577. The Balaban J connectivity index is 1.76. The third-order valence-corrected chi connectivity index (χ3v) is 5.97. The van der Waals surface area contributed by atoms with Gasteiger partial charge in [0.05, 0.1) is 17.7 Å². The molecule has 2 aliphatic heterocycles. The second-order valence-electron chi connectivity index (χ2n) is 9.12. The first-order valence-electron chi connectivity index (χ1n) is 11.2. The summed E-state index contributed by atoms with van der Waals surface area (Å²) in [6.45, 7) is 4.73. The maximum absolute atomic E-state index is 14.6. The van der Waals surface area contributed by atoms with Crippen molar-refractivity contribution in [1.29, 1.82) is 0 Å². The molecule has 10 heteroatoms. The summed E-state index contributed by atoms with van der Waals surface area (Å²) in [5, 5.41) is 12.8. The van der Waals surface area contributed by atoms with E-state index in [2.05, 4.69) is 27.0 Å². The van der Waals surface area contributed by atoms with Crippen LogP contribution in [0.25, 0.3) is 11.4 Å². The molecule has 4 N–H and O–H groups in total. The summed E-state index contributed by atoms with van der Waals surface area (Å²) in [6, 6.07) is 2.85. The normalized spacial score (nSPS) is 17.6. The lowest BCUT2D eigenvalue weighted by Crippen LogP contribution is -2.39. The molecule has 0 aliphatic carbocycles. The Hall–Kier alpha value is -3.42. The summed E-state index contributed by atoms with van der Waals surface area (Å²) < 4.78 is 21.9. The van der Waals surface area contributed by atoms with Crippen LogP contribution < -0.4 is 15.8 Å². The topological polar surface area (TPSA) is 123 Å².